The van der Waals surface area contributed by atoms with E-state index in [1.165, 1.54) is 19.3 Å². The lowest BCUT2D eigenvalue weighted by molar-refractivity contribution is 0.0850. The number of hydrogen-bond donors (Lipinski definition) is 3. The minimum Gasteiger partial charge on any atom is -0.351 e. The van der Waals surface area contributed by atoms with Crippen LogP contribution in [-0.2, 0) is 6.42 Å². The normalized spacial score (nSPS) is 16.4. The molecule has 4 N–H and O–H groups in total. The van der Waals surface area contributed by atoms with Gasteiger partial charge in [0.1, 0.15) is 5.82 Å². The molecule has 1 aromatic rings. The first-order chi connectivity index (χ1) is 9.62. The van der Waals surface area contributed by atoms with Gasteiger partial charge < -0.3 is 10.7 Å². The summed E-state index contributed by atoms with van der Waals surface area (Å²) >= 11 is 0. The van der Waals surface area contributed by atoms with Crippen LogP contribution in [0.15, 0.2) is 12.1 Å². The smallest absolute Gasteiger partial charge is 0.251 e. The number of hydrogen-bond acceptors (Lipinski definition) is 4. The highest BCUT2D eigenvalue weighted by atomic mass is 16.1. The maximum Gasteiger partial charge on any atom is 0.251 e. The number of aryl methyl sites for hydroxylation is 1. The van der Waals surface area contributed by atoms with Gasteiger partial charge in [-0.25, -0.2) is 10.8 Å². The van der Waals surface area contributed by atoms with Crippen molar-refractivity contribution in [3.63, 3.8) is 0 Å². The Labute approximate surface area is 120 Å². The SMILES string of the molecule is CCc1cc(C(=O)NCC2(CC)CCC2)cc(NN)n1. The van der Waals surface area contributed by atoms with Gasteiger partial charge in [-0.1, -0.05) is 20.3 Å². The number of nitrogens with two attached hydrogens (primary N) is 1. The Hall–Kier alpha value is -1.62. The van der Waals surface area contributed by atoms with Crippen LogP contribution in [0.25, 0.3) is 0 Å². The molecule has 5 heteroatoms. The third kappa shape index (κ3) is 3.10. The molecule has 1 saturated carbocycles. The fraction of sp³-hybridized carbons (Fsp3) is 0.600. The van der Waals surface area contributed by atoms with Crippen LogP contribution >= 0.6 is 0 Å². The molecule has 0 aromatic carbocycles. The topological polar surface area (TPSA) is 80.0 Å². The molecule has 0 bridgehead atoms. The van der Waals surface area contributed by atoms with Crippen molar-refractivity contribution in [2.24, 2.45) is 11.3 Å². The molecule has 0 radical (unpaired) electrons. The second-order valence-electron chi connectivity index (χ2n) is 5.62. The lowest BCUT2D eigenvalue weighted by atomic mass is 9.67. The average molecular weight is 276 g/mol. The number of aromatic nitrogens is 1. The summed E-state index contributed by atoms with van der Waals surface area (Å²) in [6.45, 7) is 4.96. The van der Waals surface area contributed by atoms with Gasteiger partial charge in [0.05, 0.1) is 0 Å². The van der Waals surface area contributed by atoms with Crippen molar-refractivity contribution in [1.82, 2.24) is 10.3 Å². The Balaban J connectivity index is 2.04. The number of nitrogens with zero attached hydrogens (tertiary/aromatic N) is 1. The van der Waals surface area contributed by atoms with E-state index < -0.39 is 0 Å². The molecular formula is C15H24N4O. The van der Waals surface area contributed by atoms with E-state index in [1.807, 2.05) is 13.0 Å². The molecule has 1 aromatic heterocycles. The largest absolute Gasteiger partial charge is 0.351 e. The van der Waals surface area contributed by atoms with E-state index in [4.69, 9.17) is 5.84 Å². The molecule has 1 aliphatic carbocycles. The summed E-state index contributed by atoms with van der Waals surface area (Å²) in [7, 11) is 0. The molecule has 2 rings (SSSR count). The third-order valence-electron chi connectivity index (χ3n) is 4.44. The molecule has 0 atom stereocenters. The summed E-state index contributed by atoms with van der Waals surface area (Å²) in [5.74, 6) is 5.88. The van der Waals surface area contributed by atoms with Crippen LogP contribution in [0.3, 0.4) is 0 Å². The lowest BCUT2D eigenvalue weighted by Gasteiger charge is -2.41. The molecule has 5 nitrogen and oxygen atoms in total. The Bertz CT molecular complexity index is 455. The Morgan fingerprint density at radius 2 is 2.15 bits per heavy atom. The predicted octanol–water partition coefficient (Wildman–Crippen LogP) is 2.24. The fourth-order valence-corrected chi connectivity index (χ4v) is 2.68. The van der Waals surface area contributed by atoms with Crippen molar-refractivity contribution in [3.8, 4) is 0 Å². The van der Waals surface area contributed by atoms with E-state index in [0.717, 1.165) is 25.1 Å². The highest BCUT2D eigenvalue weighted by Gasteiger charge is 2.35. The maximum absolute atomic E-state index is 12.3. The quantitative estimate of drug-likeness (QED) is 0.550. The summed E-state index contributed by atoms with van der Waals surface area (Å²) < 4.78 is 0. The van der Waals surface area contributed by atoms with Gasteiger partial charge in [0, 0.05) is 17.8 Å². The van der Waals surface area contributed by atoms with Gasteiger partial charge in [0.15, 0.2) is 0 Å². The number of nitrogen functional groups attached to an aromatic ring is 1. The first kappa shape index (κ1) is 14.8. The van der Waals surface area contributed by atoms with E-state index in [2.05, 4.69) is 22.7 Å². The second kappa shape index (κ2) is 6.22. The van der Waals surface area contributed by atoms with Crippen LogP contribution in [0, 0.1) is 5.41 Å². The van der Waals surface area contributed by atoms with Crippen LogP contribution in [0.1, 0.15) is 55.6 Å². The highest BCUT2D eigenvalue weighted by molar-refractivity contribution is 5.95. The number of nitrogens with one attached hydrogen (secondary N) is 2. The summed E-state index contributed by atoms with van der Waals surface area (Å²) in [4.78, 5) is 16.6. The Kier molecular flexibility index (Phi) is 4.60. The molecule has 0 unspecified atom stereocenters. The molecular weight excluding hydrogens is 252 g/mol. The van der Waals surface area contributed by atoms with Crippen LogP contribution in [0.2, 0.25) is 0 Å². The summed E-state index contributed by atoms with van der Waals surface area (Å²) in [5, 5.41) is 3.06. The minimum absolute atomic E-state index is 0.0432. The van der Waals surface area contributed by atoms with Gasteiger partial charge in [-0.15, -0.1) is 0 Å². The first-order valence-electron chi connectivity index (χ1n) is 7.38. The van der Waals surface area contributed by atoms with Crippen molar-refractivity contribution in [2.75, 3.05) is 12.0 Å². The van der Waals surface area contributed by atoms with Gasteiger partial charge in [0.25, 0.3) is 5.91 Å². The summed E-state index contributed by atoms with van der Waals surface area (Å²) in [6.07, 6.45) is 5.61. The van der Waals surface area contributed by atoms with Crippen molar-refractivity contribution < 1.29 is 4.79 Å². The monoisotopic (exact) mass is 276 g/mol. The molecule has 1 amide bonds. The molecule has 0 spiro atoms. The molecule has 0 aliphatic heterocycles. The third-order valence-corrected chi connectivity index (χ3v) is 4.44. The number of carbonyl (C=O) groups is 1. The van der Waals surface area contributed by atoms with Crippen molar-refractivity contribution in [3.05, 3.63) is 23.4 Å². The number of carbonyl (C=O) groups excluding carboxylic acids is 1. The molecule has 1 fully saturated rings. The van der Waals surface area contributed by atoms with Crippen molar-refractivity contribution in [1.29, 1.82) is 0 Å². The Morgan fingerprint density at radius 3 is 2.65 bits per heavy atom. The fourth-order valence-electron chi connectivity index (χ4n) is 2.68. The van der Waals surface area contributed by atoms with Gasteiger partial charge in [0.2, 0.25) is 0 Å². The van der Waals surface area contributed by atoms with E-state index in [0.29, 0.717) is 16.8 Å². The predicted molar refractivity (Wildman–Crippen MR) is 80.3 cm³/mol. The molecule has 1 aliphatic rings. The van der Waals surface area contributed by atoms with E-state index in [1.54, 1.807) is 6.07 Å². The average Bonchev–Trinajstić information content (AvgIpc) is 2.45. The molecule has 1 heterocycles. The molecule has 0 saturated heterocycles. The zero-order chi connectivity index (χ0) is 14.6. The van der Waals surface area contributed by atoms with Gasteiger partial charge >= 0.3 is 0 Å². The number of amides is 1. The van der Waals surface area contributed by atoms with Crippen LogP contribution in [0.4, 0.5) is 5.82 Å². The first-order valence-corrected chi connectivity index (χ1v) is 7.38. The molecule has 20 heavy (non-hydrogen) atoms. The second-order valence-corrected chi connectivity index (χ2v) is 5.62. The van der Waals surface area contributed by atoms with Crippen molar-refractivity contribution in [2.45, 2.75) is 46.0 Å². The van der Waals surface area contributed by atoms with E-state index >= 15 is 0 Å². The van der Waals surface area contributed by atoms with E-state index in [9.17, 15) is 4.79 Å². The standard InChI is InChI=1S/C15H24N4O/c1-3-12-8-11(9-13(18-12)19-16)14(20)17-10-15(4-2)6-5-7-15/h8-9H,3-7,10,16H2,1-2H3,(H,17,20)(H,18,19). The summed E-state index contributed by atoms with van der Waals surface area (Å²) in [5.41, 5.74) is 4.32. The lowest BCUT2D eigenvalue weighted by Crippen LogP contribution is -2.41. The maximum atomic E-state index is 12.3. The van der Waals surface area contributed by atoms with Gasteiger partial charge in [-0.2, -0.15) is 0 Å². The number of rotatable bonds is 6. The number of pyridine rings is 1. The van der Waals surface area contributed by atoms with Gasteiger partial charge in [-0.3, -0.25) is 4.79 Å². The summed E-state index contributed by atoms with van der Waals surface area (Å²) in [6, 6.07) is 3.52. The highest BCUT2D eigenvalue weighted by Crippen LogP contribution is 2.43. The van der Waals surface area contributed by atoms with Gasteiger partial charge in [-0.05, 0) is 43.2 Å². The van der Waals surface area contributed by atoms with Crippen molar-refractivity contribution >= 4 is 11.7 Å². The Morgan fingerprint density at radius 1 is 1.40 bits per heavy atom. The molecule has 110 valence electrons. The zero-order valence-corrected chi connectivity index (χ0v) is 12.3. The van der Waals surface area contributed by atoms with Crippen LogP contribution < -0.4 is 16.6 Å². The van der Waals surface area contributed by atoms with Crippen LogP contribution in [0.5, 0.6) is 0 Å². The number of anilines is 1. The van der Waals surface area contributed by atoms with Crippen LogP contribution in [-0.4, -0.2) is 17.4 Å². The minimum atomic E-state index is -0.0432. The number of hydrazine groups is 1. The zero-order valence-electron chi connectivity index (χ0n) is 12.3. The van der Waals surface area contributed by atoms with E-state index in [-0.39, 0.29) is 5.91 Å².